The Morgan fingerprint density at radius 2 is 2.26 bits per heavy atom. The molecule has 0 N–H and O–H groups in total. The fourth-order valence-electron chi connectivity index (χ4n) is 3.56. The van der Waals surface area contributed by atoms with Gasteiger partial charge in [-0.05, 0) is 55.4 Å². The fraction of sp³-hybridized carbons (Fsp3) is 0.550. The molecule has 2 aliphatic rings. The molecule has 2 atom stereocenters. The number of halogens is 1. The van der Waals surface area contributed by atoms with Crippen LogP contribution < -0.4 is 4.90 Å². The van der Waals surface area contributed by atoms with Crippen LogP contribution in [0.3, 0.4) is 0 Å². The van der Waals surface area contributed by atoms with Gasteiger partial charge in [0.1, 0.15) is 5.69 Å². The smallest absolute Gasteiger partial charge is 0.228 e. The molecule has 27 heavy (non-hydrogen) atoms. The molecule has 1 amide bonds. The highest BCUT2D eigenvalue weighted by Crippen LogP contribution is 2.36. The van der Waals surface area contributed by atoms with Crippen molar-refractivity contribution in [3.05, 3.63) is 35.9 Å². The summed E-state index contributed by atoms with van der Waals surface area (Å²) in [7, 11) is 0. The molecule has 2 fully saturated rings. The summed E-state index contributed by atoms with van der Waals surface area (Å²) in [5.74, 6) is 2.62. The lowest BCUT2D eigenvalue weighted by Gasteiger charge is -2.28. The number of thioether (sulfide) groups is 1. The molecular formula is C20H25ClN4OS. The molecule has 4 rings (SSSR count). The average Bonchev–Trinajstić information content (AvgIpc) is 3.41. The summed E-state index contributed by atoms with van der Waals surface area (Å²) in [4.78, 5) is 19.2. The maximum absolute atomic E-state index is 13.2. The van der Waals surface area contributed by atoms with Gasteiger partial charge in [-0.15, -0.1) is 0 Å². The van der Waals surface area contributed by atoms with Crippen LogP contribution in [0.5, 0.6) is 0 Å². The molecule has 0 aromatic carbocycles. The van der Waals surface area contributed by atoms with E-state index in [1.54, 1.807) is 17.1 Å². The first-order chi connectivity index (χ1) is 13.1. The molecule has 5 nitrogen and oxygen atoms in total. The van der Waals surface area contributed by atoms with E-state index in [0.717, 1.165) is 24.4 Å². The Bertz CT molecular complexity index is 793. The first-order valence-electron chi connectivity index (χ1n) is 9.67. The van der Waals surface area contributed by atoms with E-state index in [0.29, 0.717) is 34.3 Å². The number of carbonyl (C=O) groups excluding carboxylic acids is 1. The maximum atomic E-state index is 13.2. The van der Waals surface area contributed by atoms with Crippen molar-refractivity contribution in [2.45, 2.75) is 44.3 Å². The fourth-order valence-corrected chi connectivity index (χ4v) is 5.39. The lowest BCUT2D eigenvalue weighted by molar-refractivity contribution is -0.118. The predicted octanol–water partition coefficient (Wildman–Crippen LogP) is 4.59. The molecule has 0 bridgehead atoms. The van der Waals surface area contributed by atoms with Gasteiger partial charge in [-0.3, -0.25) is 9.78 Å². The van der Waals surface area contributed by atoms with Crippen LogP contribution in [-0.2, 0) is 4.79 Å². The highest BCUT2D eigenvalue weighted by molar-refractivity contribution is 7.99. The zero-order valence-electron chi connectivity index (χ0n) is 15.6. The van der Waals surface area contributed by atoms with Crippen LogP contribution in [0.2, 0.25) is 5.15 Å². The Hall–Kier alpha value is -1.53. The van der Waals surface area contributed by atoms with Crippen LogP contribution in [0.15, 0.2) is 30.7 Å². The summed E-state index contributed by atoms with van der Waals surface area (Å²) in [6, 6.07) is 3.78. The number of aromatic nitrogens is 3. The summed E-state index contributed by atoms with van der Waals surface area (Å²) in [6.45, 7) is 3.03. The number of hydrogen-bond donors (Lipinski definition) is 0. The number of anilines is 1. The number of hydrogen-bond acceptors (Lipinski definition) is 4. The molecule has 0 radical (unpaired) electrons. The van der Waals surface area contributed by atoms with Crippen LogP contribution in [0.25, 0.3) is 5.69 Å². The van der Waals surface area contributed by atoms with Crippen molar-refractivity contribution in [2.24, 2.45) is 11.8 Å². The molecule has 7 heteroatoms. The molecule has 2 aromatic heterocycles. The van der Waals surface area contributed by atoms with E-state index in [9.17, 15) is 4.79 Å². The number of amides is 1. The van der Waals surface area contributed by atoms with Gasteiger partial charge in [0.15, 0.2) is 5.15 Å². The van der Waals surface area contributed by atoms with Gasteiger partial charge >= 0.3 is 0 Å². The zero-order valence-corrected chi connectivity index (χ0v) is 17.1. The van der Waals surface area contributed by atoms with E-state index >= 15 is 0 Å². The van der Waals surface area contributed by atoms with Gasteiger partial charge in [-0.2, -0.15) is 16.9 Å². The molecule has 2 unspecified atom stereocenters. The van der Waals surface area contributed by atoms with Gasteiger partial charge in [0, 0.05) is 24.4 Å². The monoisotopic (exact) mass is 404 g/mol. The summed E-state index contributed by atoms with van der Waals surface area (Å²) in [6.07, 6.45) is 10.6. The largest absolute Gasteiger partial charge is 0.308 e. The van der Waals surface area contributed by atoms with Gasteiger partial charge in [-0.1, -0.05) is 18.5 Å². The maximum Gasteiger partial charge on any atom is 0.228 e. The van der Waals surface area contributed by atoms with Gasteiger partial charge in [0.25, 0.3) is 0 Å². The Morgan fingerprint density at radius 3 is 2.96 bits per heavy atom. The van der Waals surface area contributed by atoms with Gasteiger partial charge in [-0.25, -0.2) is 4.68 Å². The standard InChI is InChI=1S/C20H25ClN4OS/c1-14-6-8-27-17(9-14)10-19(26)24(12-15-4-5-15)18-13-25(23-20(18)21)16-3-2-7-22-11-16/h2-3,7,11,13-15,17H,4-6,8-10,12H2,1H3. The van der Waals surface area contributed by atoms with Gasteiger partial charge < -0.3 is 4.90 Å². The van der Waals surface area contributed by atoms with Crippen molar-refractivity contribution < 1.29 is 4.79 Å². The molecule has 144 valence electrons. The molecular weight excluding hydrogens is 380 g/mol. The third-order valence-corrected chi connectivity index (χ3v) is 6.89. The highest BCUT2D eigenvalue weighted by Gasteiger charge is 2.32. The minimum Gasteiger partial charge on any atom is -0.308 e. The Balaban J connectivity index is 1.54. The van der Waals surface area contributed by atoms with Gasteiger partial charge in [0.05, 0.1) is 18.1 Å². The lowest BCUT2D eigenvalue weighted by Crippen LogP contribution is -2.35. The lowest BCUT2D eigenvalue weighted by atomic mass is 10.00. The minimum atomic E-state index is 0.168. The summed E-state index contributed by atoms with van der Waals surface area (Å²) < 4.78 is 1.70. The molecule has 3 heterocycles. The summed E-state index contributed by atoms with van der Waals surface area (Å²) in [5, 5.41) is 5.20. The molecule has 1 saturated heterocycles. The zero-order chi connectivity index (χ0) is 18.8. The second kappa shape index (κ2) is 8.23. The van der Waals surface area contributed by atoms with Crippen molar-refractivity contribution in [1.82, 2.24) is 14.8 Å². The van der Waals surface area contributed by atoms with E-state index in [-0.39, 0.29) is 5.91 Å². The van der Waals surface area contributed by atoms with Crippen LogP contribution in [0.1, 0.15) is 39.0 Å². The number of pyridine rings is 1. The third kappa shape index (κ3) is 4.66. The molecule has 1 saturated carbocycles. The average molecular weight is 405 g/mol. The molecule has 1 aliphatic carbocycles. The van der Waals surface area contributed by atoms with E-state index in [1.807, 2.05) is 35.0 Å². The molecule has 1 aliphatic heterocycles. The van der Waals surface area contributed by atoms with Crippen molar-refractivity contribution in [2.75, 3.05) is 17.2 Å². The van der Waals surface area contributed by atoms with E-state index in [2.05, 4.69) is 17.0 Å². The SMILES string of the molecule is CC1CCSC(CC(=O)N(CC2CC2)c2cn(-c3cccnc3)nc2Cl)C1. The Kier molecular flexibility index (Phi) is 5.74. The number of rotatable bonds is 6. The highest BCUT2D eigenvalue weighted by atomic mass is 35.5. The predicted molar refractivity (Wildman–Crippen MR) is 111 cm³/mol. The topological polar surface area (TPSA) is 51.0 Å². The normalized spacial score (nSPS) is 22.6. The third-order valence-electron chi connectivity index (χ3n) is 5.32. The van der Waals surface area contributed by atoms with E-state index in [1.165, 1.54) is 19.3 Å². The van der Waals surface area contributed by atoms with Crippen LogP contribution in [-0.4, -0.2) is 38.2 Å². The second-order valence-electron chi connectivity index (χ2n) is 7.74. The van der Waals surface area contributed by atoms with Crippen molar-refractivity contribution in [1.29, 1.82) is 0 Å². The van der Waals surface area contributed by atoms with Gasteiger partial charge in [0.2, 0.25) is 5.91 Å². The van der Waals surface area contributed by atoms with Crippen LogP contribution in [0.4, 0.5) is 5.69 Å². The first-order valence-corrected chi connectivity index (χ1v) is 11.1. The Labute approximate surface area is 169 Å². The van der Waals surface area contributed by atoms with Crippen molar-refractivity contribution >= 4 is 35.0 Å². The van der Waals surface area contributed by atoms with E-state index < -0.39 is 0 Å². The van der Waals surface area contributed by atoms with Crippen LogP contribution >= 0.6 is 23.4 Å². The quantitative estimate of drug-likeness (QED) is 0.706. The van der Waals surface area contributed by atoms with Crippen molar-refractivity contribution in [3.8, 4) is 5.69 Å². The minimum absolute atomic E-state index is 0.168. The summed E-state index contributed by atoms with van der Waals surface area (Å²) >= 11 is 8.39. The molecule has 0 spiro atoms. The van der Waals surface area contributed by atoms with Crippen LogP contribution in [0, 0.1) is 11.8 Å². The second-order valence-corrected chi connectivity index (χ2v) is 9.50. The van der Waals surface area contributed by atoms with E-state index in [4.69, 9.17) is 11.6 Å². The molecule has 2 aromatic rings. The Morgan fingerprint density at radius 1 is 1.41 bits per heavy atom. The number of carbonyl (C=O) groups is 1. The first kappa shape index (κ1) is 18.8. The number of nitrogens with zero attached hydrogens (tertiary/aromatic N) is 4. The summed E-state index contributed by atoms with van der Waals surface area (Å²) in [5.41, 5.74) is 1.55. The van der Waals surface area contributed by atoms with Crippen molar-refractivity contribution in [3.63, 3.8) is 0 Å².